The first-order valence-electron chi connectivity index (χ1n) is 6.55. The van der Waals surface area contributed by atoms with Gasteiger partial charge in [0.25, 0.3) is 0 Å². The van der Waals surface area contributed by atoms with Crippen LogP contribution in [0.4, 0.5) is 5.82 Å². The second-order valence-corrected chi connectivity index (χ2v) is 3.74. The van der Waals surface area contributed by atoms with Crippen molar-refractivity contribution in [3.63, 3.8) is 0 Å². The van der Waals surface area contributed by atoms with Crippen LogP contribution >= 0.6 is 0 Å². The Hall–Kier alpha value is -2.09. The fourth-order valence-electron chi connectivity index (χ4n) is 1.79. The monoisotopic (exact) mass is 280 g/mol. The maximum absolute atomic E-state index is 10.6. The van der Waals surface area contributed by atoms with Crippen molar-refractivity contribution in [2.24, 2.45) is 5.18 Å². The van der Waals surface area contributed by atoms with Crippen LogP contribution in [0.3, 0.4) is 0 Å². The zero-order chi connectivity index (χ0) is 15.1. The van der Waals surface area contributed by atoms with E-state index in [9.17, 15) is 4.91 Å². The molecule has 0 bridgehead atoms. The summed E-state index contributed by atoms with van der Waals surface area (Å²) in [5.74, 6) is 0.371. The van der Waals surface area contributed by atoms with Gasteiger partial charge in [-0.2, -0.15) is 5.10 Å². The number of nitroso groups, excluding NO2 is 1. The van der Waals surface area contributed by atoms with Gasteiger partial charge >= 0.3 is 0 Å². The number of fused-ring (bicyclic) bond motifs is 1. The van der Waals surface area contributed by atoms with Crippen molar-refractivity contribution in [3.05, 3.63) is 16.9 Å². The molecule has 0 amide bonds. The Morgan fingerprint density at radius 1 is 1.45 bits per heavy atom. The summed E-state index contributed by atoms with van der Waals surface area (Å²) in [4.78, 5) is 18.7. The zero-order valence-corrected chi connectivity index (χ0v) is 12.2. The quantitative estimate of drug-likeness (QED) is 0.837. The van der Waals surface area contributed by atoms with Gasteiger partial charge in [0.2, 0.25) is 6.23 Å². The molecule has 0 aromatic carbocycles. The van der Waals surface area contributed by atoms with Crippen molar-refractivity contribution >= 4 is 16.9 Å². The fraction of sp³-hybridized carbons (Fsp3) is 0.583. The summed E-state index contributed by atoms with van der Waals surface area (Å²) in [6, 6.07) is 0. The number of hydrogen-bond donors (Lipinski definition) is 1. The predicted octanol–water partition coefficient (Wildman–Crippen LogP) is 1.87. The second-order valence-electron chi connectivity index (χ2n) is 3.74. The molecule has 0 spiro atoms. The number of nitrogens with zero attached hydrogens (tertiary/aromatic N) is 5. The molecule has 0 radical (unpaired) electrons. The molecule has 0 fully saturated rings. The Morgan fingerprint density at radius 3 is 2.75 bits per heavy atom. The lowest BCUT2D eigenvalue weighted by Crippen LogP contribution is -2.18. The average molecular weight is 280 g/mol. The highest BCUT2D eigenvalue weighted by Gasteiger charge is 2.16. The van der Waals surface area contributed by atoms with Crippen LogP contribution in [0.2, 0.25) is 0 Å². The summed E-state index contributed by atoms with van der Waals surface area (Å²) >= 11 is 0. The van der Waals surface area contributed by atoms with E-state index in [-0.39, 0.29) is 6.54 Å². The van der Waals surface area contributed by atoms with Gasteiger partial charge in [-0.25, -0.2) is 14.6 Å². The summed E-state index contributed by atoms with van der Waals surface area (Å²) in [7, 11) is 0. The van der Waals surface area contributed by atoms with E-state index in [2.05, 4.69) is 20.2 Å². The van der Waals surface area contributed by atoms with Gasteiger partial charge in [-0.3, -0.25) is 0 Å². The first-order chi connectivity index (χ1) is 9.67. The molecule has 2 rings (SSSR count). The number of hydrogen-bond acceptors (Lipinski definition) is 7. The second kappa shape index (κ2) is 7.49. The lowest BCUT2D eigenvalue weighted by Gasteiger charge is -2.09. The Kier molecular flexibility index (Phi) is 5.98. The minimum atomic E-state index is -0.784. The third-order valence-corrected chi connectivity index (χ3v) is 2.54. The molecule has 0 aliphatic carbocycles. The third-order valence-electron chi connectivity index (χ3n) is 2.54. The molecular weight excluding hydrogens is 260 g/mol. The lowest BCUT2D eigenvalue weighted by atomic mass is 10.3. The topological polar surface area (TPSA) is 108 Å². The van der Waals surface area contributed by atoms with Gasteiger partial charge in [-0.1, -0.05) is 13.8 Å². The van der Waals surface area contributed by atoms with Gasteiger partial charge in [0.05, 0.1) is 17.6 Å². The van der Waals surface area contributed by atoms with Gasteiger partial charge in [-0.15, -0.1) is 4.91 Å². The Bertz CT molecular complexity index is 568. The van der Waals surface area contributed by atoms with Crippen molar-refractivity contribution in [2.45, 2.75) is 40.5 Å². The number of nitrogens with two attached hydrogens (primary N) is 1. The van der Waals surface area contributed by atoms with E-state index in [0.29, 0.717) is 29.2 Å². The summed E-state index contributed by atoms with van der Waals surface area (Å²) in [5, 5.41) is 7.87. The molecule has 1 atom stereocenters. The molecule has 0 saturated heterocycles. The molecule has 0 saturated carbocycles. The minimum absolute atomic E-state index is 0.206. The van der Waals surface area contributed by atoms with E-state index in [1.807, 2.05) is 20.8 Å². The first kappa shape index (κ1) is 16.0. The highest BCUT2D eigenvalue weighted by molar-refractivity contribution is 5.87. The van der Waals surface area contributed by atoms with E-state index < -0.39 is 6.23 Å². The molecule has 20 heavy (non-hydrogen) atoms. The molecule has 2 aromatic rings. The molecule has 8 nitrogen and oxygen atoms in total. The summed E-state index contributed by atoms with van der Waals surface area (Å²) in [6.45, 7) is 8.22. The van der Waals surface area contributed by atoms with Crippen LogP contribution in [0.15, 0.2) is 11.5 Å². The molecule has 8 heteroatoms. The maximum atomic E-state index is 10.6. The molecule has 0 aliphatic heterocycles. The molecule has 110 valence electrons. The number of aryl methyl sites for hydroxylation is 1. The van der Waals surface area contributed by atoms with E-state index in [1.165, 1.54) is 6.33 Å². The van der Waals surface area contributed by atoms with Crippen LogP contribution in [0.25, 0.3) is 11.0 Å². The largest absolute Gasteiger partial charge is 0.383 e. The van der Waals surface area contributed by atoms with Crippen molar-refractivity contribution in [1.82, 2.24) is 19.7 Å². The molecular formula is C12H20N6O2. The fourth-order valence-corrected chi connectivity index (χ4v) is 1.79. The summed E-state index contributed by atoms with van der Waals surface area (Å²) in [6.07, 6.45) is 0.577. The number of aromatic nitrogens is 4. The van der Waals surface area contributed by atoms with Crippen LogP contribution in [0, 0.1) is 11.8 Å². The van der Waals surface area contributed by atoms with Crippen molar-refractivity contribution in [2.75, 3.05) is 12.3 Å². The van der Waals surface area contributed by atoms with E-state index in [1.54, 1.807) is 11.6 Å². The standard InChI is InChI=1S/C10H14N6O2.C2H6/c1-3-18-7(15-17)4-16-10-8(6(2)14-16)9(11)12-5-13-10;1-2/h5,7H,3-4H2,1-2H3,(H2,11,12,13);1-2H3. The van der Waals surface area contributed by atoms with E-state index in [0.717, 1.165) is 0 Å². The number of rotatable bonds is 5. The van der Waals surface area contributed by atoms with Gasteiger partial charge in [-0.05, 0) is 19.0 Å². The SMILES string of the molecule is CC.CCOC(Cn1nc(C)c2c(N)ncnc21)N=O. The van der Waals surface area contributed by atoms with Gasteiger partial charge < -0.3 is 10.5 Å². The normalized spacial score (nSPS) is 11.8. The van der Waals surface area contributed by atoms with E-state index in [4.69, 9.17) is 10.5 Å². The molecule has 2 aromatic heterocycles. The number of nitrogen functional groups attached to an aromatic ring is 1. The van der Waals surface area contributed by atoms with Crippen LogP contribution in [0.1, 0.15) is 26.5 Å². The highest BCUT2D eigenvalue weighted by atomic mass is 16.5. The lowest BCUT2D eigenvalue weighted by molar-refractivity contribution is 0.0541. The Balaban J connectivity index is 0.000000956. The zero-order valence-electron chi connectivity index (χ0n) is 12.2. The highest BCUT2D eigenvalue weighted by Crippen LogP contribution is 2.20. The molecule has 2 heterocycles. The summed E-state index contributed by atoms with van der Waals surface area (Å²) < 4.78 is 6.73. The predicted molar refractivity (Wildman–Crippen MR) is 77.0 cm³/mol. The Labute approximate surface area is 117 Å². The number of ether oxygens (including phenoxy) is 1. The average Bonchev–Trinajstić information content (AvgIpc) is 2.78. The molecule has 2 N–H and O–H groups in total. The third kappa shape index (κ3) is 3.27. The van der Waals surface area contributed by atoms with Crippen LogP contribution in [0.5, 0.6) is 0 Å². The van der Waals surface area contributed by atoms with Crippen molar-refractivity contribution < 1.29 is 4.74 Å². The Morgan fingerprint density at radius 2 is 2.15 bits per heavy atom. The maximum Gasteiger partial charge on any atom is 0.209 e. The van der Waals surface area contributed by atoms with Crippen LogP contribution in [-0.2, 0) is 11.3 Å². The van der Waals surface area contributed by atoms with E-state index >= 15 is 0 Å². The number of anilines is 1. The first-order valence-corrected chi connectivity index (χ1v) is 6.55. The van der Waals surface area contributed by atoms with Crippen molar-refractivity contribution in [1.29, 1.82) is 0 Å². The summed E-state index contributed by atoms with van der Waals surface area (Å²) in [5.41, 5.74) is 7.06. The smallest absolute Gasteiger partial charge is 0.209 e. The van der Waals surface area contributed by atoms with Gasteiger partial charge in [0.15, 0.2) is 5.65 Å². The van der Waals surface area contributed by atoms with Crippen molar-refractivity contribution in [3.8, 4) is 0 Å². The molecule has 0 aliphatic rings. The minimum Gasteiger partial charge on any atom is -0.383 e. The van der Waals surface area contributed by atoms with Crippen LogP contribution in [-0.4, -0.2) is 32.6 Å². The van der Waals surface area contributed by atoms with Gasteiger partial charge in [0.1, 0.15) is 12.1 Å². The van der Waals surface area contributed by atoms with Gasteiger partial charge in [0, 0.05) is 6.61 Å². The van der Waals surface area contributed by atoms with Crippen LogP contribution < -0.4 is 5.73 Å². The molecule has 1 unspecified atom stereocenters.